The molecule has 0 radical (unpaired) electrons. The molecule has 0 saturated carbocycles. The largest absolute Gasteiger partial charge is 0.459 e. The second kappa shape index (κ2) is 11.5. The van der Waals surface area contributed by atoms with Crippen LogP contribution in [0.5, 0.6) is 0 Å². The Morgan fingerprint density at radius 3 is 2.18 bits per heavy atom. The van der Waals surface area contributed by atoms with E-state index in [4.69, 9.17) is 9.47 Å². The highest BCUT2D eigenvalue weighted by Crippen LogP contribution is 2.32. The third-order valence-corrected chi connectivity index (χ3v) is 6.22. The van der Waals surface area contributed by atoms with E-state index in [2.05, 4.69) is 10.6 Å². The van der Waals surface area contributed by atoms with Crippen molar-refractivity contribution in [3.8, 4) is 0 Å². The van der Waals surface area contributed by atoms with E-state index in [1.165, 1.54) is 0 Å². The third-order valence-electron chi connectivity index (χ3n) is 6.22. The molecule has 1 fully saturated rings. The fraction of sp³-hybridized carbons (Fsp3) is 0.615. The second-order valence-corrected chi connectivity index (χ2v) is 10.4. The zero-order valence-electron chi connectivity index (χ0n) is 21.2. The van der Waals surface area contributed by atoms with Crippen LogP contribution >= 0.6 is 0 Å². The molecule has 1 aromatic carbocycles. The Bertz CT molecular complexity index is 877. The summed E-state index contributed by atoms with van der Waals surface area (Å²) in [7, 11) is 0. The Balaban J connectivity index is 2.08. The van der Waals surface area contributed by atoms with Crippen LogP contribution in [0.2, 0.25) is 0 Å². The van der Waals surface area contributed by atoms with Crippen LogP contribution in [0, 0.1) is 23.2 Å². The standard InChI is InChI=1S/C26H38N2O6/c1-8-16(4)18-20(34-24(18)31)23(30)27-19(15(2)3)22(29)28-21(26(5,6)7)25(32)33-14-17-12-10-9-11-13-17/h9-13,15-16,18-21H,8,14H2,1-7H3,(H,27,30)(H,28,29). The number of hydrogen-bond acceptors (Lipinski definition) is 6. The van der Waals surface area contributed by atoms with Gasteiger partial charge in [-0.05, 0) is 22.8 Å². The van der Waals surface area contributed by atoms with E-state index in [0.717, 1.165) is 12.0 Å². The van der Waals surface area contributed by atoms with Crippen LogP contribution in [-0.2, 0) is 35.3 Å². The number of amides is 2. The molecule has 1 aliphatic rings. The average molecular weight is 475 g/mol. The van der Waals surface area contributed by atoms with Gasteiger partial charge in [0, 0.05) is 0 Å². The molecule has 1 saturated heterocycles. The lowest BCUT2D eigenvalue weighted by Crippen LogP contribution is -2.62. The van der Waals surface area contributed by atoms with Gasteiger partial charge in [0.15, 0.2) is 6.10 Å². The van der Waals surface area contributed by atoms with E-state index in [9.17, 15) is 19.2 Å². The van der Waals surface area contributed by atoms with Crippen molar-refractivity contribution in [1.82, 2.24) is 10.6 Å². The summed E-state index contributed by atoms with van der Waals surface area (Å²) < 4.78 is 10.6. The van der Waals surface area contributed by atoms with Gasteiger partial charge in [0.05, 0.1) is 0 Å². The number of carbonyl (C=O) groups is 4. The highest BCUT2D eigenvalue weighted by molar-refractivity contribution is 5.97. The molecule has 1 aliphatic heterocycles. The first-order valence-electron chi connectivity index (χ1n) is 11.9. The average Bonchev–Trinajstić information content (AvgIpc) is 2.76. The smallest absolute Gasteiger partial charge is 0.329 e. The first-order valence-corrected chi connectivity index (χ1v) is 11.9. The van der Waals surface area contributed by atoms with E-state index in [1.807, 2.05) is 65.0 Å². The summed E-state index contributed by atoms with van der Waals surface area (Å²) in [5.74, 6) is -2.73. The lowest BCUT2D eigenvalue weighted by atomic mass is 9.82. The molecule has 8 nitrogen and oxygen atoms in total. The minimum atomic E-state index is -0.920. The SMILES string of the molecule is CCC(C)C1C(=O)OC1C(=O)NC(C(=O)NC(C(=O)OCc1ccccc1)C(C)(C)C)C(C)C. The number of ether oxygens (including phenoxy) is 2. The van der Waals surface area contributed by atoms with Gasteiger partial charge in [-0.2, -0.15) is 0 Å². The van der Waals surface area contributed by atoms with Gasteiger partial charge >= 0.3 is 11.9 Å². The summed E-state index contributed by atoms with van der Waals surface area (Å²) in [6.07, 6.45) is -0.179. The Labute approximate surface area is 202 Å². The molecule has 0 aromatic heterocycles. The van der Waals surface area contributed by atoms with Gasteiger partial charge in [0.2, 0.25) is 5.91 Å². The first-order chi connectivity index (χ1) is 15.9. The Hall–Kier alpha value is -2.90. The van der Waals surface area contributed by atoms with Gasteiger partial charge in [0.1, 0.15) is 24.6 Å². The van der Waals surface area contributed by atoms with Crippen LogP contribution in [0.1, 0.15) is 60.5 Å². The summed E-state index contributed by atoms with van der Waals surface area (Å²) in [6, 6.07) is 7.46. The number of hydrogen-bond donors (Lipinski definition) is 2. The molecule has 8 heteroatoms. The van der Waals surface area contributed by atoms with Gasteiger partial charge < -0.3 is 20.1 Å². The molecule has 1 aromatic rings. The summed E-state index contributed by atoms with van der Waals surface area (Å²) in [5.41, 5.74) is 0.216. The van der Waals surface area contributed by atoms with Crippen molar-refractivity contribution in [1.29, 1.82) is 0 Å². The molecular weight excluding hydrogens is 436 g/mol. The molecule has 2 N–H and O–H groups in total. The molecule has 0 bridgehead atoms. The van der Waals surface area contributed by atoms with Crippen molar-refractivity contribution in [3.63, 3.8) is 0 Å². The van der Waals surface area contributed by atoms with E-state index >= 15 is 0 Å². The quantitative estimate of drug-likeness (QED) is 0.505. The second-order valence-electron chi connectivity index (χ2n) is 10.4. The minimum absolute atomic E-state index is 0.00650. The van der Waals surface area contributed by atoms with Gasteiger partial charge in [-0.15, -0.1) is 0 Å². The fourth-order valence-electron chi connectivity index (χ4n) is 3.77. The monoisotopic (exact) mass is 474 g/mol. The highest BCUT2D eigenvalue weighted by atomic mass is 16.6. The number of esters is 2. The van der Waals surface area contributed by atoms with Crippen LogP contribution in [0.3, 0.4) is 0 Å². The lowest BCUT2D eigenvalue weighted by molar-refractivity contribution is -0.193. The zero-order chi connectivity index (χ0) is 25.6. The van der Waals surface area contributed by atoms with Crippen LogP contribution in [0.25, 0.3) is 0 Å². The molecule has 0 aliphatic carbocycles. The number of carbonyl (C=O) groups excluding carboxylic acids is 4. The lowest BCUT2D eigenvalue weighted by Gasteiger charge is -2.38. The van der Waals surface area contributed by atoms with Gasteiger partial charge in [-0.1, -0.05) is 85.2 Å². The van der Waals surface area contributed by atoms with Gasteiger partial charge in [-0.3, -0.25) is 14.4 Å². The summed E-state index contributed by atoms with van der Waals surface area (Å²) >= 11 is 0. The number of nitrogens with one attached hydrogen (secondary N) is 2. The maximum absolute atomic E-state index is 13.2. The van der Waals surface area contributed by atoms with Crippen LogP contribution in [-0.4, -0.2) is 41.9 Å². The van der Waals surface area contributed by atoms with Crippen LogP contribution < -0.4 is 10.6 Å². The molecule has 188 valence electrons. The van der Waals surface area contributed by atoms with Crippen molar-refractivity contribution in [2.75, 3.05) is 0 Å². The molecule has 5 atom stereocenters. The highest BCUT2D eigenvalue weighted by Gasteiger charge is 2.50. The summed E-state index contributed by atoms with van der Waals surface area (Å²) in [5, 5.41) is 5.49. The van der Waals surface area contributed by atoms with Gasteiger partial charge in [0.25, 0.3) is 5.91 Å². The van der Waals surface area contributed by atoms with Crippen molar-refractivity contribution in [3.05, 3.63) is 35.9 Å². The van der Waals surface area contributed by atoms with Gasteiger partial charge in [-0.25, -0.2) is 4.79 Å². The summed E-state index contributed by atoms with van der Waals surface area (Å²) in [6.45, 7) is 13.0. The Morgan fingerprint density at radius 2 is 1.68 bits per heavy atom. The maximum Gasteiger partial charge on any atom is 0.329 e. The first kappa shape index (κ1) is 27.3. The van der Waals surface area contributed by atoms with Crippen molar-refractivity contribution in [2.24, 2.45) is 23.2 Å². The number of cyclic esters (lactones) is 1. The predicted molar refractivity (Wildman–Crippen MR) is 127 cm³/mol. The fourth-order valence-corrected chi connectivity index (χ4v) is 3.77. The van der Waals surface area contributed by atoms with E-state index in [1.54, 1.807) is 13.8 Å². The molecule has 2 rings (SSSR count). The molecule has 5 unspecified atom stereocenters. The van der Waals surface area contributed by atoms with Crippen LogP contribution in [0.4, 0.5) is 0 Å². The van der Waals surface area contributed by atoms with Crippen molar-refractivity contribution >= 4 is 23.8 Å². The zero-order valence-corrected chi connectivity index (χ0v) is 21.2. The summed E-state index contributed by atoms with van der Waals surface area (Å²) in [4.78, 5) is 50.8. The van der Waals surface area contributed by atoms with E-state index in [0.29, 0.717) is 0 Å². The molecule has 34 heavy (non-hydrogen) atoms. The number of benzene rings is 1. The normalized spacial score (nSPS) is 20.4. The van der Waals surface area contributed by atoms with E-state index < -0.39 is 53.3 Å². The molecular formula is C26H38N2O6. The third kappa shape index (κ3) is 6.81. The molecule has 1 heterocycles. The van der Waals surface area contributed by atoms with Crippen molar-refractivity contribution in [2.45, 2.75) is 79.7 Å². The molecule has 0 spiro atoms. The number of rotatable bonds is 10. The van der Waals surface area contributed by atoms with E-state index in [-0.39, 0.29) is 18.4 Å². The maximum atomic E-state index is 13.2. The molecule has 2 amide bonds. The Kier molecular flexibility index (Phi) is 9.24. The van der Waals surface area contributed by atoms with Crippen LogP contribution in [0.15, 0.2) is 30.3 Å². The topological polar surface area (TPSA) is 111 Å². The predicted octanol–water partition coefficient (Wildman–Crippen LogP) is 2.99. The minimum Gasteiger partial charge on any atom is -0.459 e. The van der Waals surface area contributed by atoms with Crippen molar-refractivity contribution < 1.29 is 28.7 Å². The Morgan fingerprint density at radius 1 is 1.06 bits per heavy atom.